The van der Waals surface area contributed by atoms with Gasteiger partial charge in [-0.2, -0.15) is 0 Å². The van der Waals surface area contributed by atoms with Crippen molar-refractivity contribution in [1.29, 1.82) is 0 Å². The minimum absolute atomic E-state index is 0.0733. The Morgan fingerprint density at radius 3 is 2.36 bits per heavy atom. The number of benzene rings is 1. The van der Waals surface area contributed by atoms with E-state index < -0.39 is 19.7 Å². The number of hydrogen-bond acceptors (Lipinski definition) is 2. The Hall–Kier alpha value is -1.16. The second-order valence-electron chi connectivity index (χ2n) is 2.79. The van der Waals surface area contributed by atoms with Gasteiger partial charge in [0.1, 0.15) is 0 Å². The third kappa shape index (κ3) is 2.96. The molecule has 6 heteroatoms. The predicted octanol–water partition coefficient (Wildman–Crippen LogP) is 1.06. The maximum absolute atomic E-state index is 10.7. The van der Waals surface area contributed by atoms with Crippen LogP contribution in [-0.2, 0) is 10.7 Å². The van der Waals surface area contributed by atoms with E-state index in [0.717, 1.165) is 0 Å². The van der Waals surface area contributed by atoms with Crippen molar-refractivity contribution in [3.8, 4) is 0 Å². The number of rotatable bonds is 3. The van der Waals surface area contributed by atoms with Crippen LogP contribution in [-0.4, -0.2) is 20.9 Å². The predicted molar refractivity (Wildman–Crippen MR) is 49.1 cm³/mol. The first-order valence-electron chi connectivity index (χ1n) is 3.76. The molecule has 14 heavy (non-hydrogen) atoms. The van der Waals surface area contributed by atoms with Crippen molar-refractivity contribution in [2.45, 2.75) is 6.16 Å². The molecular formula is C8H9O5P. The van der Waals surface area contributed by atoms with E-state index in [9.17, 15) is 9.36 Å². The summed E-state index contributed by atoms with van der Waals surface area (Å²) >= 11 is 0. The Kier molecular flexibility index (Phi) is 3.06. The van der Waals surface area contributed by atoms with Gasteiger partial charge >= 0.3 is 13.6 Å². The Balaban J connectivity index is 3.08. The summed E-state index contributed by atoms with van der Waals surface area (Å²) in [5, 5.41) is 8.71. The quantitative estimate of drug-likeness (QED) is 0.656. The monoisotopic (exact) mass is 216 g/mol. The molecule has 0 aromatic heterocycles. The first kappa shape index (κ1) is 10.9. The van der Waals surface area contributed by atoms with Gasteiger partial charge in [-0.3, -0.25) is 4.57 Å². The van der Waals surface area contributed by atoms with Crippen molar-refractivity contribution in [3.63, 3.8) is 0 Å². The molecule has 1 aromatic carbocycles. The van der Waals surface area contributed by atoms with Crippen LogP contribution >= 0.6 is 7.60 Å². The zero-order valence-electron chi connectivity index (χ0n) is 7.12. The first-order chi connectivity index (χ1) is 6.40. The topological polar surface area (TPSA) is 94.8 Å². The van der Waals surface area contributed by atoms with E-state index >= 15 is 0 Å². The molecule has 5 nitrogen and oxygen atoms in total. The van der Waals surface area contributed by atoms with Crippen LogP contribution in [0.4, 0.5) is 0 Å². The Morgan fingerprint density at radius 2 is 1.86 bits per heavy atom. The molecule has 0 radical (unpaired) electrons. The van der Waals surface area contributed by atoms with Crippen LogP contribution in [0.15, 0.2) is 24.3 Å². The highest BCUT2D eigenvalue weighted by Crippen LogP contribution is 2.39. The van der Waals surface area contributed by atoms with Crippen molar-refractivity contribution in [2.24, 2.45) is 0 Å². The highest BCUT2D eigenvalue weighted by Gasteiger charge is 2.18. The number of carboxylic acids is 1. The van der Waals surface area contributed by atoms with Gasteiger partial charge in [-0.25, -0.2) is 4.79 Å². The van der Waals surface area contributed by atoms with Crippen molar-refractivity contribution in [3.05, 3.63) is 35.4 Å². The summed E-state index contributed by atoms with van der Waals surface area (Å²) in [7, 11) is -4.22. The van der Waals surface area contributed by atoms with E-state index in [2.05, 4.69) is 0 Å². The highest BCUT2D eigenvalue weighted by atomic mass is 31.2. The van der Waals surface area contributed by atoms with E-state index in [1.165, 1.54) is 24.3 Å². The third-order valence-electron chi connectivity index (χ3n) is 1.62. The van der Waals surface area contributed by atoms with Gasteiger partial charge in [-0.05, 0) is 11.6 Å². The molecule has 1 aromatic rings. The normalized spacial score (nSPS) is 11.3. The number of carbonyl (C=O) groups is 1. The van der Waals surface area contributed by atoms with Crippen LogP contribution in [0.25, 0.3) is 0 Å². The van der Waals surface area contributed by atoms with E-state index in [1.54, 1.807) is 0 Å². The van der Waals surface area contributed by atoms with E-state index in [4.69, 9.17) is 14.9 Å². The van der Waals surface area contributed by atoms with Crippen molar-refractivity contribution in [2.75, 3.05) is 0 Å². The molecule has 0 fully saturated rings. The van der Waals surface area contributed by atoms with Gasteiger partial charge in [0.25, 0.3) is 0 Å². The van der Waals surface area contributed by atoms with Gasteiger partial charge in [0.2, 0.25) is 0 Å². The molecule has 0 saturated heterocycles. The molecule has 0 atom stereocenters. The van der Waals surface area contributed by atoms with Crippen molar-refractivity contribution in [1.82, 2.24) is 0 Å². The fraction of sp³-hybridized carbons (Fsp3) is 0.125. The smallest absolute Gasteiger partial charge is 0.335 e. The lowest BCUT2D eigenvalue weighted by Crippen LogP contribution is -2.02. The molecule has 0 amide bonds. The van der Waals surface area contributed by atoms with Crippen LogP contribution in [0.2, 0.25) is 0 Å². The summed E-state index contributed by atoms with van der Waals surface area (Å²) in [4.78, 5) is 28.0. The Bertz CT molecular complexity index is 394. The molecule has 0 unspecified atom stereocenters. The van der Waals surface area contributed by atoms with E-state index in [-0.39, 0.29) is 11.1 Å². The average Bonchev–Trinajstić information content (AvgIpc) is 2.01. The summed E-state index contributed by atoms with van der Waals surface area (Å²) in [5.41, 5.74) is 0.0733. The van der Waals surface area contributed by atoms with Crippen LogP contribution in [0, 0.1) is 0 Å². The zero-order valence-corrected chi connectivity index (χ0v) is 8.02. The molecule has 0 saturated carbocycles. The zero-order chi connectivity index (χ0) is 10.8. The summed E-state index contributed by atoms with van der Waals surface area (Å²) < 4.78 is 10.7. The molecule has 0 heterocycles. The maximum atomic E-state index is 10.7. The van der Waals surface area contributed by atoms with Gasteiger partial charge in [-0.1, -0.05) is 18.2 Å². The van der Waals surface area contributed by atoms with Crippen LogP contribution < -0.4 is 0 Å². The lowest BCUT2D eigenvalue weighted by atomic mass is 10.1. The molecule has 0 bridgehead atoms. The molecule has 76 valence electrons. The highest BCUT2D eigenvalue weighted by molar-refractivity contribution is 7.50. The number of aromatic carboxylic acids is 1. The van der Waals surface area contributed by atoms with Crippen LogP contribution in [0.1, 0.15) is 15.9 Å². The fourth-order valence-corrected chi connectivity index (χ4v) is 1.81. The maximum Gasteiger partial charge on any atom is 0.335 e. The summed E-state index contributed by atoms with van der Waals surface area (Å²) in [6.07, 6.45) is -0.546. The van der Waals surface area contributed by atoms with Crippen LogP contribution in [0.3, 0.4) is 0 Å². The SMILES string of the molecule is O=C(O)c1ccccc1CP(=O)(O)O. The lowest BCUT2D eigenvalue weighted by molar-refractivity contribution is 0.0696. The number of carboxylic acid groups (broad SMARTS) is 1. The molecular weight excluding hydrogens is 207 g/mol. The van der Waals surface area contributed by atoms with Crippen molar-refractivity contribution >= 4 is 13.6 Å². The Morgan fingerprint density at radius 1 is 1.29 bits per heavy atom. The third-order valence-corrected chi connectivity index (χ3v) is 2.38. The minimum atomic E-state index is -4.22. The van der Waals surface area contributed by atoms with Gasteiger partial charge in [0.15, 0.2) is 0 Å². The van der Waals surface area contributed by atoms with Crippen LogP contribution in [0.5, 0.6) is 0 Å². The fourth-order valence-electron chi connectivity index (χ4n) is 1.09. The largest absolute Gasteiger partial charge is 0.478 e. The standard InChI is InChI=1S/C8H9O5P/c9-8(10)7-4-2-1-3-6(7)5-14(11,12)13/h1-4H,5H2,(H,9,10)(H2,11,12,13). The summed E-state index contributed by atoms with van der Waals surface area (Å²) in [6, 6.07) is 5.75. The number of hydrogen-bond donors (Lipinski definition) is 3. The van der Waals surface area contributed by atoms with Gasteiger partial charge in [0.05, 0.1) is 11.7 Å². The molecule has 0 aliphatic carbocycles. The molecule has 3 N–H and O–H groups in total. The molecule has 1 rings (SSSR count). The summed E-state index contributed by atoms with van der Waals surface area (Å²) in [5.74, 6) is -1.19. The molecule has 0 aliphatic rings. The summed E-state index contributed by atoms with van der Waals surface area (Å²) in [6.45, 7) is 0. The van der Waals surface area contributed by atoms with Gasteiger partial charge < -0.3 is 14.9 Å². The molecule has 0 spiro atoms. The second-order valence-corrected chi connectivity index (χ2v) is 4.43. The average molecular weight is 216 g/mol. The van der Waals surface area contributed by atoms with E-state index in [1.807, 2.05) is 0 Å². The van der Waals surface area contributed by atoms with Gasteiger partial charge in [-0.15, -0.1) is 0 Å². The first-order valence-corrected chi connectivity index (χ1v) is 5.56. The molecule has 0 aliphatic heterocycles. The second kappa shape index (κ2) is 3.92. The van der Waals surface area contributed by atoms with E-state index in [0.29, 0.717) is 0 Å². The van der Waals surface area contributed by atoms with Gasteiger partial charge in [0, 0.05) is 0 Å². The minimum Gasteiger partial charge on any atom is -0.478 e. The lowest BCUT2D eigenvalue weighted by Gasteiger charge is -2.06. The van der Waals surface area contributed by atoms with Crippen molar-refractivity contribution < 1.29 is 24.3 Å². The Labute approximate surface area is 80.2 Å².